The lowest BCUT2D eigenvalue weighted by atomic mass is 10.3. The molecule has 0 bridgehead atoms. The molecule has 1 aromatic rings. The van der Waals surface area contributed by atoms with Crippen LogP contribution in [0.3, 0.4) is 0 Å². The number of nitriles is 1. The number of nitrogens with zero attached hydrogens (tertiary/aromatic N) is 1. The van der Waals surface area contributed by atoms with Crippen LogP contribution in [-0.4, -0.2) is 17.7 Å². The monoisotopic (exact) mass is 232 g/mol. The van der Waals surface area contributed by atoms with E-state index in [0.29, 0.717) is 5.69 Å². The van der Waals surface area contributed by atoms with E-state index in [1.165, 1.54) is 18.3 Å². The van der Waals surface area contributed by atoms with Crippen LogP contribution in [0, 0.1) is 11.3 Å². The van der Waals surface area contributed by atoms with E-state index in [1.807, 2.05) is 0 Å². The minimum atomic E-state index is -0.678. The van der Waals surface area contributed by atoms with E-state index in [0.717, 1.165) is 0 Å². The second-order valence-electron chi connectivity index (χ2n) is 3.08. The lowest BCUT2D eigenvalue weighted by molar-refractivity contribution is -0.138. The highest BCUT2D eigenvalue weighted by Crippen LogP contribution is 2.15. The Hall–Kier alpha value is -2.48. The van der Waals surface area contributed by atoms with Crippen molar-refractivity contribution in [2.45, 2.75) is 6.92 Å². The van der Waals surface area contributed by atoms with Crippen molar-refractivity contribution in [1.29, 1.82) is 5.26 Å². The molecule has 0 unspecified atom stereocenters. The van der Waals surface area contributed by atoms with Gasteiger partial charge in [0.15, 0.2) is 5.57 Å². The maximum Gasteiger partial charge on any atom is 0.350 e. The smallest absolute Gasteiger partial charge is 0.350 e. The Morgan fingerprint density at radius 1 is 1.65 bits per heavy atom. The van der Waals surface area contributed by atoms with Crippen molar-refractivity contribution >= 4 is 11.7 Å². The number of esters is 1. The Balaban J connectivity index is 2.75. The molecule has 0 saturated carbocycles. The predicted molar refractivity (Wildman–Crippen MR) is 62.1 cm³/mol. The van der Waals surface area contributed by atoms with Gasteiger partial charge in [0.2, 0.25) is 0 Å². The second kappa shape index (κ2) is 6.18. The van der Waals surface area contributed by atoms with Gasteiger partial charge in [-0.05, 0) is 19.1 Å². The van der Waals surface area contributed by atoms with Gasteiger partial charge >= 0.3 is 5.97 Å². The number of carbonyl (C=O) groups is 1. The first-order chi connectivity index (χ1) is 8.17. The van der Waals surface area contributed by atoms with Crippen LogP contribution in [0.1, 0.15) is 6.92 Å². The van der Waals surface area contributed by atoms with Crippen molar-refractivity contribution in [2.75, 3.05) is 11.9 Å². The van der Waals surface area contributed by atoms with Gasteiger partial charge in [-0.1, -0.05) is 6.07 Å². The molecule has 0 spiro atoms. The van der Waals surface area contributed by atoms with Gasteiger partial charge in [0.1, 0.15) is 11.8 Å². The van der Waals surface area contributed by atoms with Crippen LogP contribution in [-0.2, 0) is 9.53 Å². The molecule has 0 aliphatic carbocycles. The summed E-state index contributed by atoms with van der Waals surface area (Å²) in [4.78, 5) is 11.3. The maximum atomic E-state index is 11.3. The van der Waals surface area contributed by atoms with Gasteiger partial charge in [-0.15, -0.1) is 0 Å². The van der Waals surface area contributed by atoms with Crippen LogP contribution >= 0.6 is 0 Å². The van der Waals surface area contributed by atoms with Gasteiger partial charge in [0, 0.05) is 18.0 Å². The number of phenols is 1. The molecule has 0 fully saturated rings. The minimum Gasteiger partial charge on any atom is -0.508 e. The van der Waals surface area contributed by atoms with Crippen LogP contribution in [0.5, 0.6) is 5.75 Å². The molecule has 5 nitrogen and oxygen atoms in total. The van der Waals surface area contributed by atoms with Crippen LogP contribution < -0.4 is 5.32 Å². The van der Waals surface area contributed by atoms with Crippen LogP contribution in [0.4, 0.5) is 5.69 Å². The van der Waals surface area contributed by atoms with E-state index in [1.54, 1.807) is 25.1 Å². The average molecular weight is 232 g/mol. The van der Waals surface area contributed by atoms with Crippen molar-refractivity contribution in [2.24, 2.45) is 0 Å². The molecule has 2 N–H and O–H groups in total. The summed E-state index contributed by atoms with van der Waals surface area (Å²) in [6, 6.07) is 8.05. The van der Waals surface area contributed by atoms with Gasteiger partial charge in [0.25, 0.3) is 0 Å². The summed E-state index contributed by atoms with van der Waals surface area (Å²) in [5, 5.41) is 20.7. The first-order valence-electron chi connectivity index (χ1n) is 5.00. The van der Waals surface area contributed by atoms with Crippen molar-refractivity contribution in [1.82, 2.24) is 0 Å². The third kappa shape index (κ3) is 3.87. The first-order valence-corrected chi connectivity index (χ1v) is 5.00. The number of carbonyl (C=O) groups excluding carboxylic acids is 1. The van der Waals surface area contributed by atoms with E-state index in [-0.39, 0.29) is 17.9 Å². The number of anilines is 1. The lowest BCUT2D eigenvalue weighted by Gasteiger charge is -2.03. The van der Waals surface area contributed by atoms with Crippen molar-refractivity contribution in [3.8, 4) is 11.8 Å². The Labute approximate surface area is 98.9 Å². The summed E-state index contributed by atoms with van der Waals surface area (Å²) in [7, 11) is 0. The molecule has 0 heterocycles. The third-order valence-corrected chi connectivity index (χ3v) is 1.85. The number of phenolic OH excluding ortho intramolecular Hbond substituents is 1. The van der Waals surface area contributed by atoms with Crippen LogP contribution in [0.25, 0.3) is 0 Å². The number of rotatable bonds is 4. The molecular formula is C12H12N2O3. The highest BCUT2D eigenvalue weighted by atomic mass is 16.5. The van der Waals surface area contributed by atoms with Crippen molar-refractivity contribution < 1.29 is 14.6 Å². The van der Waals surface area contributed by atoms with E-state index in [9.17, 15) is 9.90 Å². The Morgan fingerprint density at radius 2 is 2.41 bits per heavy atom. The molecule has 5 heteroatoms. The highest BCUT2D eigenvalue weighted by Gasteiger charge is 2.08. The fraction of sp³-hybridized carbons (Fsp3) is 0.167. The number of hydrogen-bond donors (Lipinski definition) is 2. The molecule has 1 aromatic carbocycles. The summed E-state index contributed by atoms with van der Waals surface area (Å²) in [6.45, 7) is 1.87. The zero-order chi connectivity index (χ0) is 12.7. The number of hydrogen-bond acceptors (Lipinski definition) is 5. The normalized spacial score (nSPS) is 10.5. The second-order valence-corrected chi connectivity index (χ2v) is 3.08. The maximum absolute atomic E-state index is 11.3. The Morgan fingerprint density at radius 3 is 3.00 bits per heavy atom. The molecule has 88 valence electrons. The SMILES string of the molecule is CCOC(=O)C(C#N)=CNc1cccc(O)c1. The first kappa shape index (κ1) is 12.6. The third-order valence-electron chi connectivity index (χ3n) is 1.85. The molecule has 0 saturated heterocycles. The molecule has 0 radical (unpaired) electrons. The largest absolute Gasteiger partial charge is 0.508 e. The zero-order valence-electron chi connectivity index (χ0n) is 9.30. The van der Waals surface area contributed by atoms with Gasteiger partial charge in [-0.25, -0.2) is 4.79 Å². The number of aromatic hydroxyl groups is 1. The van der Waals surface area contributed by atoms with Crippen molar-refractivity contribution in [3.63, 3.8) is 0 Å². The van der Waals surface area contributed by atoms with Gasteiger partial charge in [-0.2, -0.15) is 5.26 Å². The molecule has 0 atom stereocenters. The summed E-state index contributed by atoms with van der Waals surface area (Å²) in [6.07, 6.45) is 1.24. The molecule has 0 aromatic heterocycles. The summed E-state index contributed by atoms with van der Waals surface area (Å²) >= 11 is 0. The Bertz CT molecular complexity index is 475. The molecule has 0 aliphatic rings. The van der Waals surface area contributed by atoms with E-state index >= 15 is 0 Å². The quantitative estimate of drug-likeness (QED) is 0.469. The molecule has 17 heavy (non-hydrogen) atoms. The standard InChI is InChI=1S/C12H12N2O3/c1-2-17-12(16)9(7-13)8-14-10-4-3-5-11(15)6-10/h3-6,8,14-15H,2H2,1H3. The van der Waals surface area contributed by atoms with E-state index in [4.69, 9.17) is 5.26 Å². The molecule has 0 amide bonds. The van der Waals surface area contributed by atoms with Crippen LogP contribution in [0.15, 0.2) is 36.0 Å². The van der Waals surface area contributed by atoms with E-state index < -0.39 is 5.97 Å². The van der Waals surface area contributed by atoms with Gasteiger partial charge in [0.05, 0.1) is 6.61 Å². The zero-order valence-corrected chi connectivity index (χ0v) is 9.30. The fourth-order valence-electron chi connectivity index (χ4n) is 1.10. The van der Waals surface area contributed by atoms with Crippen molar-refractivity contribution in [3.05, 3.63) is 36.0 Å². The van der Waals surface area contributed by atoms with Crippen LogP contribution in [0.2, 0.25) is 0 Å². The highest BCUT2D eigenvalue weighted by molar-refractivity contribution is 5.93. The predicted octanol–water partition coefficient (Wildman–Crippen LogP) is 1.77. The van der Waals surface area contributed by atoms with E-state index in [2.05, 4.69) is 10.1 Å². The topological polar surface area (TPSA) is 82.4 Å². The number of ether oxygens (including phenoxy) is 1. The number of benzene rings is 1. The molecule has 0 aliphatic heterocycles. The molecule has 1 rings (SSSR count). The molecular weight excluding hydrogens is 220 g/mol. The van der Waals surface area contributed by atoms with Gasteiger partial charge < -0.3 is 15.2 Å². The van der Waals surface area contributed by atoms with Gasteiger partial charge in [-0.3, -0.25) is 0 Å². The Kier molecular flexibility index (Phi) is 4.58. The lowest BCUT2D eigenvalue weighted by Crippen LogP contribution is -2.07. The summed E-state index contributed by atoms with van der Waals surface area (Å²) in [5.74, 6) is -0.583. The number of nitrogens with one attached hydrogen (secondary N) is 1. The summed E-state index contributed by atoms with van der Waals surface area (Å²) in [5.41, 5.74) is 0.442. The minimum absolute atomic E-state index is 0.0954. The average Bonchev–Trinajstić information content (AvgIpc) is 2.30. The fourth-order valence-corrected chi connectivity index (χ4v) is 1.10. The summed E-state index contributed by atoms with van der Waals surface area (Å²) < 4.78 is 4.69.